The molecule has 5 nitrogen and oxygen atoms in total. The summed E-state index contributed by atoms with van der Waals surface area (Å²) in [7, 11) is 0. The summed E-state index contributed by atoms with van der Waals surface area (Å²) in [6.07, 6.45) is 3.93. The molecule has 1 heterocycles. The SMILES string of the molecule is NC(=O)c1cncc(NCCCSc2ccccc2)n1. The van der Waals surface area contributed by atoms with Crippen molar-refractivity contribution in [2.24, 2.45) is 5.73 Å². The van der Waals surface area contributed by atoms with E-state index >= 15 is 0 Å². The van der Waals surface area contributed by atoms with Crippen molar-refractivity contribution in [2.45, 2.75) is 11.3 Å². The number of nitrogens with zero attached hydrogens (tertiary/aromatic N) is 2. The molecule has 0 saturated carbocycles. The number of hydrogen-bond acceptors (Lipinski definition) is 5. The van der Waals surface area contributed by atoms with Crippen molar-refractivity contribution in [3.63, 3.8) is 0 Å². The second kappa shape index (κ2) is 7.49. The predicted octanol–water partition coefficient (Wildman–Crippen LogP) is 2.17. The Hall–Kier alpha value is -2.08. The van der Waals surface area contributed by atoms with Crippen LogP contribution in [0.5, 0.6) is 0 Å². The van der Waals surface area contributed by atoms with Gasteiger partial charge in [-0.25, -0.2) is 4.98 Å². The normalized spacial score (nSPS) is 10.2. The monoisotopic (exact) mass is 288 g/mol. The molecule has 0 aliphatic heterocycles. The van der Waals surface area contributed by atoms with Crippen molar-refractivity contribution in [1.29, 1.82) is 0 Å². The van der Waals surface area contributed by atoms with Crippen LogP contribution in [0.1, 0.15) is 16.9 Å². The summed E-state index contributed by atoms with van der Waals surface area (Å²) in [5.74, 6) is 1.02. The van der Waals surface area contributed by atoms with Gasteiger partial charge >= 0.3 is 0 Å². The highest BCUT2D eigenvalue weighted by atomic mass is 32.2. The minimum atomic E-state index is -0.569. The van der Waals surface area contributed by atoms with Crippen LogP contribution in [-0.4, -0.2) is 28.2 Å². The third-order valence-electron chi connectivity index (χ3n) is 2.53. The fourth-order valence-corrected chi connectivity index (χ4v) is 2.44. The van der Waals surface area contributed by atoms with Gasteiger partial charge in [0.25, 0.3) is 5.91 Å². The lowest BCUT2D eigenvalue weighted by atomic mass is 10.4. The van der Waals surface area contributed by atoms with Crippen molar-refractivity contribution < 1.29 is 4.79 Å². The third kappa shape index (κ3) is 4.55. The Labute approximate surface area is 122 Å². The first-order valence-corrected chi connectivity index (χ1v) is 7.28. The molecule has 0 atom stereocenters. The number of hydrogen-bond donors (Lipinski definition) is 2. The molecule has 0 bridgehead atoms. The molecule has 0 saturated heterocycles. The molecule has 20 heavy (non-hydrogen) atoms. The van der Waals surface area contributed by atoms with Crippen LogP contribution in [0.2, 0.25) is 0 Å². The highest BCUT2D eigenvalue weighted by Crippen LogP contribution is 2.17. The van der Waals surface area contributed by atoms with Gasteiger partial charge in [-0.2, -0.15) is 0 Å². The molecule has 0 fully saturated rings. The third-order valence-corrected chi connectivity index (χ3v) is 3.62. The Morgan fingerprint density at radius 3 is 2.80 bits per heavy atom. The number of amides is 1. The van der Waals surface area contributed by atoms with Crippen LogP contribution in [0, 0.1) is 0 Å². The van der Waals surface area contributed by atoms with Gasteiger partial charge in [0.1, 0.15) is 11.5 Å². The molecular weight excluding hydrogens is 272 g/mol. The number of nitrogens with two attached hydrogens (primary N) is 1. The molecule has 0 aliphatic rings. The first kappa shape index (κ1) is 14.3. The van der Waals surface area contributed by atoms with Gasteiger partial charge in [0.2, 0.25) is 0 Å². The predicted molar refractivity (Wildman–Crippen MR) is 80.8 cm³/mol. The van der Waals surface area contributed by atoms with Gasteiger partial charge in [-0.15, -0.1) is 11.8 Å². The zero-order valence-electron chi connectivity index (χ0n) is 11.0. The number of carbonyl (C=O) groups is 1. The van der Waals surface area contributed by atoms with Gasteiger partial charge in [0, 0.05) is 11.4 Å². The van der Waals surface area contributed by atoms with E-state index in [0.29, 0.717) is 5.82 Å². The van der Waals surface area contributed by atoms with Crippen LogP contribution in [-0.2, 0) is 0 Å². The fourth-order valence-electron chi connectivity index (χ4n) is 1.57. The van der Waals surface area contributed by atoms with E-state index in [2.05, 4.69) is 27.4 Å². The van der Waals surface area contributed by atoms with Crippen LogP contribution in [0.3, 0.4) is 0 Å². The molecule has 0 radical (unpaired) electrons. The van der Waals surface area contributed by atoms with E-state index < -0.39 is 5.91 Å². The van der Waals surface area contributed by atoms with E-state index in [-0.39, 0.29) is 5.69 Å². The maximum Gasteiger partial charge on any atom is 0.268 e. The number of primary amides is 1. The van der Waals surface area contributed by atoms with Crippen LogP contribution in [0.4, 0.5) is 5.82 Å². The second-order valence-electron chi connectivity index (χ2n) is 4.10. The van der Waals surface area contributed by atoms with E-state index in [1.54, 1.807) is 6.20 Å². The number of aromatic nitrogens is 2. The van der Waals surface area contributed by atoms with E-state index in [9.17, 15) is 4.79 Å². The topological polar surface area (TPSA) is 80.9 Å². The average molecular weight is 288 g/mol. The number of rotatable bonds is 7. The van der Waals surface area contributed by atoms with Crippen molar-refractivity contribution in [1.82, 2.24) is 9.97 Å². The lowest BCUT2D eigenvalue weighted by Crippen LogP contribution is -2.15. The molecule has 104 valence electrons. The average Bonchev–Trinajstić information content (AvgIpc) is 2.48. The highest BCUT2D eigenvalue weighted by Gasteiger charge is 2.03. The molecule has 2 aromatic rings. The molecule has 0 spiro atoms. The minimum Gasteiger partial charge on any atom is -0.369 e. The zero-order chi connectivity index (χ0) is 14.2. The number of carbonyl (C=O) groups excluding carboxylic acids is 1. The lowest BCUT2D eigenvalue weighted by molar-refractivity contribution is 0.0995. The van der Waals surface area contributed by atoms with Crippen molar-refractivity contribution in [2.75, 3.05) is 17.6 Å². The van der Waals surface area contributed by atoms with Gasteiger partial charge in [0.05, 0.1) is 12.4 Å². The quantitative estimate of drug-likeness (QED) is 0.603. The van der Waals surface area contributed by atoms with Crippen LogP contribution in [0.15, 0.2) is 47.6 Å². The minimum absolute atomic E-state index is 0.175. The van der Waals surface area contributed by atoms with Gasteiger partial charge < -0.3 is 11.1 Å². The summed E-state index contributed by atoms with van der Waals surface area (Å²) in [5, 5.41) is 3.13. The zero-order valence-corrected chi connectivity index (χ0v) is 11.8. The molecule has 0 unspecified atom stereocenters. The highest BCUT2D eigenvalue weighted by molar-refractivity contribution is 7.99. The summed E-state index contributed by atoms with van der Waals surface area (Å²) >= 11 is 1.81. The van der Waals surface area contributed by atoms with Crippen molar-refractivity contribution >= 4 is 23.5 Å². The Balaban J connectivity index is 1.71. The molecule has 2 rings (SSSR count). The van der Waals surface area contributed by atoms with Gasteiger partial charge in [0.15, 0.2) is 0 Å². The van der Waals surface area contributed by atoms with Crippen LogP contribution < -0.4 is 11.1 Å². The largest absolute Gasteiger partial charge is 0.369 e. The summed E-state index contributed by atoms with van der Waals surface area (Å²) < 4.78 is 0. The lowest BCUT2D eigenvalue weighted by Gasteiger charge is -2.05. The number of nitrogens with one attached hydrogen (secondary N) is 1. The summed E-state index contributed by atoms with van der Waals surface area (Å²) in [4.78, 5) is 20.2. The number of anilines is 1. The Morgan fingerprint density at radius 2 is 2.05 bits per heavy atom. The van der Waals surface area contributed by atoms with E-state index in [1.807, 2.05) is 30.0 Å². The van der Waals surface area contributed by atoms with Gasteiger partial charge in [-0.3, -0.25) is 9.78 Å². The molecule has 1 aromatic carbocycles. The second-order valence-corrected chi connectivity index (χ2v) is 5.26. The van der Waals surface area contributed by atoms with Crippen molar-refractivity contribution in [3.8, 4) is 0 Å². The first-order chi connectivity index (χ1) is 9.75. The molecular formula is C14H16N4OS. The van der Waals surface area contributed by atoms with E-state index in [0.717, 1.165) is 18.7 Å². The maximum absolute atomic E-state index is 11.0. The van der Waals surface area contributed by atoms with Crippen LogP contribution in [0.25, 0.3) is 0 Å². The summed E-state index contributed by atoms with van der Waals surface area (Å²) in [6.45, 7) is 0.775. The Kier molecular flexibility index (Phi) is 5.37. The fraction of sp³-hybridized carbons (Fsp3) is 0.214. The standard InChI is InChI=1S/C14H16N4OS/c15-14(19)12-9-16-10-13(18-12)17-7-4-8-20-11-5-2-1-3-6-11/h1-3,5-6,9-10H,4,7-8H2,(H2,15,19)(H,17,18). The summed E-state index contributed by atoms with van der Waals surface area (Å²) in [6, 6.07) is 10.3. The molecule has 3 N–H and O–H groups in total. The van der Waals surface area contributed by atoms with E-state index in [1.165, 1.54) is 11.1 Å². The molecule has 6 heteroatoms. The maximum atomic E-state index is 11.0. The van der Waals surface area contributed by atoms with E-state index in [4.69, 9.17) is 5.73 Å². The first-order valence-electron chi connectivity index (χ1n) is 6.29. The van der Waals surface area contributed by atoms with Gasteiger partial charge in [-0.1, -0.05) is 18.2 Å². The molecule has 1 amide bonds. The Bertz CT molecular complexity index is 562. The number of thioether (sulfide) groups is 1. The van der Waals surface area contributed by atoms with Crippen molar-refractivity contribution in [3.05, 3.63) is 48.4 Å². The molecule has 0 aliphatic carbocycles. The smallest absolute Gasteiger partial charge is 0.268 e. The number of benzene rings is 1. The van der Waals surface area contributed by atoms with Crippen LogP contribution >= 0.6 is 11.8 Å². The molecule has 1 aromatic heterocycles. The summed E-state index contributed by atoms with van der Waals surface area (Å²) in [5.41, 5.74) is 5.33. The Morgan fingerprint density at radius 1 is 1.25 bits per heavy atom. The van der Waals surface area contributed by atoms with Gasteiger partial charge in [-0.05, 0) is 24.3 Å².